The lowest BCUT2D eigenvalue weighted by Gasteiger charge is -2.19. The number of alkyl carbamates (subject to hydrolysis) is 1. The molecule has 12 nitrogen and oxygen atoms in total. The molecule has 4 N–H and O–H groups in total. The Labute approximate surface area is 217 Å². The minimum Gasteiger partial charge on any atom is -0.444 e. The molecule has 2 heterocycles. The highest BCUT2D eigenvalue weighted by atomic mass is 16.6. The molecule has 0 saturated carbocycles. The average Bonchev–Trinajstić information content (AvgIpc) is 3.31. The molecule has 0 aliphatic heterocycles. The Morgan fingerprint density at radius 1 is 0.865 bits per heavy atom. The number of amides is 4. The van der Waals surface area contributed by atoms with E-state index in [1.807, 2.05) is 19.0 Å². The zero-order valence-electron chi connectivity index (χ0n) is 22.7. The van der Waals surface area contributed by atoms with Crippen molar-refractivity contribution in [2.75, 3.05) is 44.4 Å². The molecule has 0 aromatic carbocycles. The van der Waals surface area contributed by atoms with Crippen molar-refractivity contribution in [1.29, 1.82) is 0 Å². The van der Waals surface area contributed by atoms with Gasteiger partial charge in [-0.2, -0.15) is 0 Å². The number of carbonyl (C=O) groups is 4. The van der Waals surface area contributed by atoms with Crippen molar-refractivity contribution >= 4 is 35.2 Å². The molecule has 2 aromatic rings. The summed E-state index contributed by atoms with van der Waals surface area (Å²) in [6.45, 7) is 6.80. The summed E-state index contributed by atoms with van der Waals surface area (Å²) < 4.78 is 8.37. The van der Waals surface area contributed by atoms with Gasteiger partial charge >= 0.3 is 6.09 Å². The van der Waals surface area contributed by atoms with Gasteiger partial charge in [-0.3, -0.25) is 14.4 Å². The Balaban J connectivity index is 1.89. The molecule has 0 spiro atoms. The average molecular weight is 518 g/mol. The van der Waals surface area contributed by atoms with Crippen LogP contribution in [-0.2, 0) is 23.6 Å². The SMILES string of the molecule is CN(C)CCCNC(=O)c1cc(NC(=O)c2cc(NC(=O)CCNC(=O)OC(C)(C)C)cn2C)cn1C. The number of anilines is 2. The van der Waals surface area contributed by atoms with Crippen molar-refractivity contribution in [1.82, 2.24) is 24.7 Å². The van der Waals surface area contributed by atoms with Gasteiger partial charge < -0.3 is 40.0 Å². The molecule has 0 aliphatic carbocycles. The number of hydrogen-bond donors (Lipinski definition) is 4. The van der Waals surface area contributed by atoms with E-state index < -0.39 is 17.6 Å². The summed E-state index contributed by atoms with van der Waals surface area (Å²) in [5, 5.41) is 10.9. The normalized spacial score (nSPS) is 11.2. The number of nitrogens with zero attached hydrogens (tertiary/aromatic N) is 3. The Morgan fingerprint density at radius 2 is 1.43 bits per heavy atom. The van der Waals surface area contributed by atoms with Crippen LogP contribution in [-0.4, -0.2) is 77.2 Å². The Bertz CT molecular complexity index is 1110. The second-order valence-electron chi connectivity index (χ2n) is 10.0. The maximum absolute atomic E-state index is 12.8. The van der Waals surface area contributed by atoms with Crippen molar-refractivity contribution in [3.63, 3.8) is 0 Å². The monoisotopic (exact) mass is 517 g/mol. The van der Waals surface area contributed by atoms with Gasteiger partial charge in [-0.1, -0.05) is 0 Å². The second-order valence-corrected chi connectivity index (χ2v) is 10.0. The van der Waals surface area contributed by atoms with E-state index in [1.165, 1.54) is 0 Å². The minimum atomic E-state index is -0.618. The highest BCUT2D eigenvalue weighted by Gasteiger charge is 2.18. The lowest BCUT2D eigenvalue weighted by Crippen LogP contribution is -2.34. The van der Waals surface area contributed by atoms with Crippen molar-refractivity contribution < 1.29 is 23.9 Å². The third kappa shape index (κ3) is 10.00. The highest BCUT2D eigenvalue weighted by Crippen LogP contribution is 2.17. The summed E-state index contributed by atoms with van der Waals surface area (Å²) in [6.07, 6.45) is 3.56. The summed E-state index contributed by atoms with van der Waals surface area (Å²) in [5.41, 5.74) is 1.06. The Morgan fingerprint density at radius 3 is 2.00 bits per heavy atom. The number of aryl methyl sites for hydroxylation is 2. The summed E-state index contributed by atoms with van der Waals surface area (Å²) in [5.74, 6) is -0.928. The number of aromatic nitrogens is 2. The van der Waals surface area contributed by atoms with Crippen LogP contribution in [0.25, 0.3) is 0 Å². The van der Waals surface area contributed by atoms with E-state index in [1.54, 1.807) is 68.5 Å². The summed E-state index contributed by atoms with van der Waals surface area (Å²) >= 11 is 0. The van der Waals surface area contributed by atoms with Gasteiger partial charge in [0.1, 0.15) is 17.0 Å². The summed E-state index contributed by atoms with van der Waals surface area (Å²) in [7, 11) is 7.37. The first-order chi connectivity index (χ1) is 17.2. The Hall–Kier alpha value is -3.80. The molecule has 0 atom stereocenters. The topological polar surface area (TPSA) is 139 Å². The van der Waals surface area contributed by atoms with Gasteiger partial charge in [0, 0.05) is 46.0 Å². The van der Waals surface area contributed by atoms with Crippen LogP contribution >= 0.6 is 0 Å². The molecule has 37 heavy (non-hydrogen) atoms. The van der Waals surface area contributed by atoms with Crippen LogP contribution in [0.4, 0.5) is 16.2 Å². The lowest BCUT2D eigenvalue weighted by molar-refractivity contribution is -0.116. The van der Waals surface area contributed by atoms with Gasteiger partial charge in [0.05, 0.1) is 11.4 Å². The molecule has 0 aliphatic rings. The molecule has 12 heteroatoms. The van der Waals surface area contributed by atoms with E-state index >= 15 is 0 Å². The second kappa shape index (κ2) is 12.9. The van der Waals surface area contributed by atoms with Crippen LogP contribution in [0.5, 0.6) is 0 Å². The molecular weight excluding hydrogens is 478 g/mol. The summed E-state index contributed by atoms with van der Waals surface area (Å²) in [6, 6.07) is 3.16. The third-order valence-corrected chi connectivity index (χ3v) is 5.10. The predicted molar refractivity (Wildman–Crippen MR) is 142 cm³/mol. The number of rotatable bonds is 11. The molecule has 0 radical (unpaired) electrons. The Kier molecular flexibility index (Phi) is 10.3. The first-order valence-corrected chi connectivity index (χ1v) is 12.1. The molecule has 204 valence electrons. The van der Waals surface area contributed by atoms with Gasteiger partial charge in [-0.25, -0.2) is 4.79 Å². The quantitative estimate of drug-likeness (QED) is 0.337. The van der Waals surface area contributed by atoms with Crippen molar-refractivity contribution in [2.45, 2.75) is 39.2 Å². The third-order valence-electron chi connectivity index (χ3n) is 5.10. The molecule has 2 rings (SSSR count). The largest absolute Gasteiger partial charge is 0.444 e. The van der Waals surface area contributed by atoms with E-state index in [-0.39, 0.29) is 24.8 Å². The van der Waals surface area contributed by atoms with Crippen LogP contribution in [0, 0.1) is 0 Å². The molecular formula is C25H39N7O5. The van der Waals surface area contributed by atoms with Crippen LogP contribution < -0.4 is 21.3 Å². The standard InChI is InChI=1S/C25H39N7O5/c1-25(2,3)37-24(36)27-11-9-21(33)28-17-13-20(32(7)15-17)23(35)29-18-14-19(31(6)16-18)22(34)26-10-8-12-30(4)5/h13-16H,8-12H2,1-7H3,(H,26,34)(H,27,36)(H,28,33)(H,29,35). The highest BCUT2D eigenvalue weighted by molar-refractivity contribution is 6.05. The lowest BCUT2D eigenvalue weighted by atomic mass is 10.2. The zero-order valence-corrected chi connectivity index (χ0v) is 22.7. The predicted octanol–water partition coefficient (Wildman–Crippen LogP) is 2.15. The fourth-order valence-corrected chi connectivity index (χ4v) is 3.42. The van der Waals surface area contributed by atoms with Gasteiger partial charge in [0.15, 0.2) is 0 Å². The van der Waals surface area contributed by atoms with Gasteiger partial charge in [0.2, 0.25) is 5.91 Å². The van der Waals surface area contributed by atoms with E-state index in [9.17, 15) is 19.2 Å². The van der Waals surface area contributed by atoms with Gasteiger partial charge in [-0.15, -0.1) is 0 Å². The molecule has 0 fully saturated rings. The minimum absolute atomic E-state index is 0.0413. The van der Waals surface area contributed by atoms with E-state index in [0.29, 0.717) is 29.3 Å². The molecule has 0 bridgehead atoms. The molecule has 4 amide bonds. The van der Waals surface area contributed by atoms with Crippen molar-refractivity contribution in [2.24, 2.45) is 14.1 Å². The molecule has 0 unspecified atom stereocenters. The van der Waals surface area contributed by atoms with Crippen LogP contribution in [0.1, 0.15) is 54.6 Å². The zero-order chi connectivity index (χ0) is 27.8. The summed E-state index contributed by atoms with van der Waals surface area (Å²) in [4.78, 5) is 51.3. The van der Waals surface area contributed by atoms with E-state index in [2.05, 4.69) is 21.3 Å². The fraction of sp³-hybridized carbons (Fsp3) is 0.520. The number of nitrogens with one attached hydrogen (secondary N) is 4. The van der Waals surface area contributed by atoms with Gasteiger partial charge in [0.25, 0.3) is 11.8 Å². The van der Waals surface area contributed by atoms with Crippen LogP contribution in [0.2, 0.25) is 0 Å². The molecule has 0 saturated heterocycles. The number of hydrogen-bond acceptors (Lipinski definition) is 6. The fourth-order valence-electron chi connectivity index (χ4n) is 3.42. The first-order valence-electron chi connectivity index (χ1n) is 12.1. The molecule has 2 aromatic heterocycles. The maximum atomic E-state index is 12.8. The van der Waals surface area contributed by atoms with Crippen LogP contribution in [0.3, 0.4) is 0 Å². The van der Waals surface area contributed by atoms with E-state index in [0.717, 1.165) is 13.0 Å². The van der Waals surface area contributed by atoms with Crippen LogP contribution in [0.15, 0.2) is 24.5 Å². The van der Waals surface area contributed by atoms with Crippen molar-refractivity contribution in [3.05, 3.63) is 35.9 Å². The number of carbonyl (C=O) groups excluding carboxylic acids is 4. The maximum Gasteiger partial charge on any atom is 0.407 e. The van der Waals surface area contributed by atoms with Gasteiger partial charge in [-0.05, 0) is 60.0 Å². The first kappa shape index (κ1) is 29.4. The number of ether oxygens (including phenoxy) is 1. The smallest absolute Gasteiger partial charge is 0.407 e. The van der Waals surface area contributed by atoms with E-state index in [4.69, 9.17) is 4.74 Å². The van der Waals surface area contributed by atoms with Crippen molar-refractivity contribution in [3.8, 4) is 0 Å².